The normalized spacial score (nSPS) is 31.4. The summed E-state index contributed by atoms with van der Waals surface area (Å²) in [6, 6.07) is 11.3. The van der Waals surface area contributed by atoms with E-state index in [0.717, 1.165) is 19.3 Å². The van der Waals surface area contributed by atoms with E-state index in [2.05, 4.69) is 26.0 Å². The molecule has 1 aliphatic carbocycles. The average molecular weight is 259 g/mol. The molecule has 3 unspecified atom stereocenters. The molecule has 103 valence electrons. The minimum Gasteiger partial charge on any atom is -0.481 e. The molecule has 2 nitrogen and oxygen atoms in total. The third kappa shape index (κ3) is 2.83. The van der Waals surface area contributed by atoms with Gasteiger partial charge in [-0.15, -0.1) is 0 Å². The van der Waals surface area contributed by atoms with E-state index in [9.17, 15) is 9.90 Å². The quantitative estimate of drug-likeness (QED) is 0.886. The molecule has 2 heteroatoms. The summed E-state index contributed by atoms with van der Waals surface area (Å²) >= 11 is 0. The zero-order chi connectivity index (χ0) is 14.0. The predicted molar refractivity (Wildman–Crippen MR) is 75.9 cm³/mol. The maximum atomic E-state index is 11.5. The van der Waals surface area contributed by atoms with Gasteiger partial charge in [0, 0.05) is 0 Å². The third-order valence-corrected chi connectivity index (χ3v) is 4.72. The van der Waals surface area contributed by atoms with Gasteiger partial charge < -0.3 is 5.11 Å². The van der Waals surface area contributed by atoms with Crippen LogP contribution in [0.15, 0.2) is 24.3 Å². The standard InChI is InChI=1S/C17H23O2/c1-12(2)14-9-10-17(3,16(18)19)11-15(14)13-7-5-4-6-8-13/h4-7,12,14-15H,9-11H2,1-3H3,(H,18,19). The van der Waals surface area contributed by atoms with E-state index in [-0.39, 0.29) is 0 Å². The Morgan fingerprint density at radius 2 is 2.21 bits per heavy atom. The summed E-state index contributed by atoms with van der Waals surface area (Å²) in [5.74, 6) is 0.801. The van der Waals surface area contributed by atoms with Gasteiger partial charge in [0.1, 0.15) is 0 Å². The Hall–Kier alpha value is -1.31. The number of benzene rings is 1. The fraction of sp³-hybridized carbons (Fsp3) is 0.588. The molecule has 3 atom stereocenters. The molecule has 0 bridgehead atoms. The first-order valence-corrected chi connectivity index (χ1v) is 7.14. The first kappa shape index (κ1) is 14.1. The highest BCUT2D eigenvalue weighted by Gasteiger charge is 2.43. The minimum absolute atomic E-state index is 0.316. The van der Waals surface area contributed by atoms with Crippen LogP contribution in [-0.2, 0) is 4.79 Å². The third-order valence-electron chi connectivity index (χ3n) is 4.72. The van der Waals surface area contributed by atoms with Crippen molar-refractivity contribution in [1.82, 2.24) is 0 Å². The number of rotatable bonds is 3. The Morgan fingerprint density at radius 3 is 2.74 bits per heavy atom. The van der Waals surface area contributed by atoms with Crippen LogP contribution in [0, 0.1) is 23.3 Å². The van der Waals surface area contributed by atoms with Crippen molar-refractivity contribution in [3.63, 3.8) is 0 Å². The number of carbonyl (C=O) groups is 1. The van der Waals surface area contributed by atoms with Gasteiger partial charge >= 0.3 is 5.97 Å². The molecular weight excluding hydrogens is 236 g/mol. The second-order valence-corrected chi connectivity index (χ2v) is 6.44. The molecule has 0 saturated heterocycles. The summed E-state index contributed by atoms with van der Waals surface area (Å²) in [7, 11) is 0. The van der Waals surface area contributed by atoms with Crippen LogP contribution in [0.4, 0.5) is 0 Å². The Kier molecular flexibility index (Phi) is 3.98. The zero-order valence-corrected chi connectivity index (χ0v) is 12.0. The second kappa shape index (κ2) is 5.36. The number of carboxylic acids is 1. The lowest BCUT2D eigenvalue weighted by Crippen LogP contribution is -2.38. The fourth-order valence-electron chi connectivity index (χ4n) is 3.40. The van der Waals surface area contributed by atoms with Gasteiger partial charge in [-0.3, -0.25) is 4.79 Å². The fourth-order valence-corrected chi connectivity index (χ4v) is 3.40. The summed E-state index contributed by atoms with van der Waals surface area (Å²) in [6.45, 7) is 6.37. The molecule has 1 aromatic rings. The van der Waals surface area contributed by atoms with Crippen LogP contribution < -0.4 is 0 Å². The van der Waals surface area contributed by atoms with E-state index in [1.165, 1.54) is 5.56 Å². The summed E-state index contributed by atoms with van der Waals surface area (Å²) in [5, 5.41) is 9.48. The van der Waals surface area contributed by atoms with Crippen LogP contribution in [0.2, 0.25) is 0 Å². The van der Waals surface area contributed by atoms with Crippen molar-refractivity contribution in [3.8, 4) is 0 Å². The van der Waals surface area contributed by atoms with Crippen molar-refractivity contribution >= 4 is 5.97 Å². The van der Waals surface area contributed by atoms with Crippen LogP contribution in [0.1, 0.15) is 51.5 Å². The topological polar surface area (TPSA) is 37.3 Å². The Morgan fingerprint density at radius 1 is 1.47 bits per heavy atom. The molecular formula is C17H23O2. The van der Waals surface area contributed by atoms with Gasteiger partial charge in [-0.1, -0.05) is 38.1 Å². The lowest BCUT2D eigenvalue weighted by atomic mass is 9.61. The Bertz CT molecular complexity index is 438. The lowest BCUT2D eigenvalue weighted by molar-refractivity contribution is -0.151. The molecule has 1 aromatic carbocycles. The van der Waals surface area contributed by atoms with Crippen molar-refractivity contribution in [2.45, 2.75) is 46.0 Å². The molecule has 19 heavy (non-hydrogen) atoms. The molecule has 0 heterocycles. The van der Waals surface area contributed by atoms with Crippen molar-refractivity contribution in [2.24, 2.45) is 17.3 Å². The molecule has 0 amide bonds. The first-order chi connectivity index (χ1) is 8.94. The van der Waals surface area contributed by atoms with Crippen LogP contribution in [-0.4, -0.2) is 11.1 Å². The van der Waals surface area contributed by atoms with Gasteiger partial charge in [-0.2, -0.15) is 0 Å². The summed E-state index contributed by atoms with van der Waals surface area (Å²) < 4.78 is 0. The van der Waals surface area contributed by atoms with Crippen molar-refractivity contribution in [2.75, 3.05) is 0 Å². The van der Waals surface area contributed by atoms with E-state index in [0.29, 0.717) is 17.8 Å². The molecule has 1 saturated carbocycles. The van der Waals surface area contributed by atoms with E-state index < -0.39 is 11.4 Å². The molecule has 0 spiro atoms. The summed E-state index contributed by atoms with van der Waals surface area (Å²) in [5.41, 5.74) is 0.591. The largest absolute Gasteiger partial charge is 0.481 e. The number of hydrogen-bond acceptors (Lipinski definition) is 1. The van der Waals surface area contributed by atoms with E-state index >= 15 is 0 Å². The molecule has 2 rings (SSSR count). The predicted octanol–water partition coefficient (Wildman–Crippen LogP) is 4.12. The van der Waals surface area contributed by atoms with Gasteiger partial charge in [0.25, 0.3) is 0 Å². The van der Waals surface area contributed by atoms with E-state index in [1.807, 2.05) is 25.1 Å². The average Bonchev–Trinajstić information content (AvgIpc) is 2.39. The van der Waals surface area contributed by atoms with E-state index in [4.69, 9.17) is 0 Å². The summed E-state index contributed by atoms with van der Waals surface area (Å²) in [6.07, 6.45) is 2.51. The summed E-state index contributed by atoms with van der Waals surface area (Å²) in [4.78, 5) is 11.5. The maximum absolute atomic E-state index is 11.5. The SMILES string of the molecule is CC(C)C1CCC(C)(C(=O)O)CC1c1[c]cccc1. The smallest absolute Gasteiger partial charge is 0.309 e. The zero-order valence-electron chi connectivity index (χ0n) is 12.0. The highest BCUT2D eigenvalue weighted by Crippen LogP contribution is 2.49. The van der Waals surface area contributed by atoms with Crippen LogP contribution >= 0.6 is 0 Å². The van der Waals surface area contributed by atoms with Gasteiger partial charge in [-0.05, 0) is 55.6 Å². The van der Waals surface area contributed by atoms with Gasteiger partial charge in [0.15, 0.2) is 0 Å². The van der Waals surface area contributed by atoms with Crippen LogP contribution in [0.3, 0.4) is 0 Å². The van der Waals surface area contributed by atoms with Crippen molar-refractivity contribution < 1.29 is 9.90 Å². The van der Waals surface area contributed by atoms with Crippen molar-refractivity contribution in [1.29, 1.82) is 0 Å². The number of carboxylic acid groups (broad SMARTS) is 1. The molecule has 1 aliphatic rings. The highest BCUT2D eigenvalue weighted by molar-refractivity contribution is 5.74. The maximum Gasteiger partial charge on any atom is 0.309 e. The van der Waals surface area contributed by atoms with Crippen LogP contribution in [0.25, 0.3) is 0 Å². The monoisotopic (exact) mass is 259 g/mol. The number of aliphatic carboxylic acids is 1. The number of hydrogen-bond donors (Lipinski definition) is 1. The molecule has 1 radical (unpaired) electrons. The van der Waals surface area contributed by atoms with E-state index in [1.54, 1.807) is 0 Å². The molecule has 0 aliphatic heterocycles. The Labute approximate surface area is 115 Å². The van der Waals surface area contributed by atoms with Gasteiger partial charge in [0.2, 0.25) is 0 Å². The second-order valence-electron chi connectivity index (χ2n) is 6.44. The lowest BCUT2D eigenvalue weighted by Gasteiger charge is -2.42. The Balaban J connectivity index is 2.31. The molecule has 1 N–H and O–H groups in total. The van der Waals surface area contributed by atoms with Gasteiger partial charge in [0.05, 0.1) is 5.41 Å². The molecule has 1 fully saturated rings. The minimum atomic E-state index is -0.657. The molecule has 0 aromatic heterocycles. The highest BCUT2D eigenvalue weighted by atomic mass is 16.4. The van der Waals surface area contributed by atoms with Crippen LogP contribution in [0.5, 0.6) is 0 Å². The van der Waals surface area contributed by atoms with Gasteiger partial charge in [-0.25, -0.2) is 0 Å². The first-order valence-electron chi connectivity index (χ1n) is 7.14. The van der Waals surface area contributed by atoms with Crippen molar-refractivity contribution in [3.05, 3.63) is 35.9 Å².